The molecule has 0 saturated carbocycles. The van der Waals surface area contributed by atoms with Crippen molar-refractivity contribution in [3.05, 3.63) is 42.0 Å². The van der Waals surface area contributed by atoms with Crippen LogP contribution >= 0.6 is 0 Å². The van der Waals surface area contributed by atoms with E-state index in [0.717, 1.165) is 0 Å². The minimum absolute atomic E-state index is 0.174. The molecule has 17 heavy (non-hydrogen) atoms. The number of ether oxygens (including phenoxy) is 1. The van der Waals surface area contributed by atoms with Crippen LogP contribution in [-0.4, -0.2) is 22.8 Å². The van der Waals surface area contributed by atoms with Crippen LogP contribution < -0.4 is 4.74 Å². The lowest BCUT2D eigenvalue weighted by Crippen LogP contribution is -2.11. The van der Waals surface area contributed by atoms with Crippen molar-refractivity contribution >= 4 is 17.7 Å². The number of benzene rings is 1. The van der Waals surface area contributed by atoms with Crippen molar-refractivity contribution in [1.82, 2.24) is 0 Å². The highest BCUT2D eigenvalue weighted by Crippen LogP contribution is 2.14. The van der Waals surface area contributed by atoms with Gasteiger partial charge in [0.25, 0.3) is 0 Å². The molecule has 0 aliphatic carbocycles. The molecule has 0 heterocycles. The average Bonchev–Trinajstić information content (AvgIpc) is 2.27. The van der Waals surface area contributed by atoms with Crippen LogP contribution in [0, 0.1) is 0 Å². The molecule has 0 fully saturated rings. The molecule has 0 aliphatic rings. The fourth-order valence-electron chi connectivity index (χ4n) is 1.11. The van der Waals surface area contributed by atoms with Gasteiger partial charge in [-0.2, -0.15) is 0 Å². The highest BCUT2D eigenvalue weighted by molar-refractivity contribution is 6.23. The molecule has 1 aromatic rings. The second kappa shape index (κ2) is 5.07. The smallest absolute Gasteiger partial charge is 0.339 e. The van der Waals surface area contributed by atoms with Gasteiger partial charge in [-0.05, 0) is 24.3 Å². The van der Waals surface area contributed by atoms with Gasteiger partial charge in [0.05, 0.1) is 0 Å². The Morgan fingerprint density at radius 1 is 1.18 bits per heavy atom. The van der Waals surface area contributed by atoms with E-state index < -0.39 is 23.3 Å². The average molecular weight is 234 g/mol. The van der Waals surface area contributed by atoms with Crippen molar-refractivity contribution < 1.29 is 24.2 Å². The lowest BCUT2D eigenvalue weighted by atomic mass is 10.1. The third-order valence-corrected chi connectivity index (χ3v) is 1.91. The predicted molar refractivity (Wildman–Crippen MR) is 58.9 cm³/mol. The quantitative estimate of drug-likeness (QED) is 0.213. The second-order valence-electron chi connectivity index (χ2n) is 3.23. The van der Waals surface area contributed by atoms with Gasteiger partial charge in [0.15, 0.2) is 5.78 Å². The SMILES string of the molecule is C=C(C(=O)O)C(=O)c1ccc(OC(C)=O)cc1. The van der Waals surface area contributed by atoms with E-state index >= 15 is 0 Å². The largest absolute Gasteiger partial charge is 0.478 e. The lowest BCUT2D eigenvalue weighted by Gasteiger charge is -2.03. The Morgan fingerprint density at radius 2 is 1.71 bits per heavy atom. The molecule has 0 unspecified atom stereocenters. The molecular weight excluding hydrogens is 224 g/mol. The number of carboxylic acids is 1. The van der Waals surface area contributed by atoms with E-state index in [-0.39, 0.29) is 11.3 Å². The minimum atomic E-state index is -1.36. The summed E-state index contributed by atoms with van der Waals surface area (Å²) in [6, 6.07) is 5.55. The maximum absolute atomic E-state index is 11.5. The van der Waals surface area contributed by atoms with Crippen molar-refractivity contribution in [2.24, 2.45) is 0 Å². The Kier molecular flexibility index (Phi) is 3.77. The molecule has 1 N–H and O–H groups in total. The van der Waals surface area contributed by atoms with Crippen molar-refractivity contribution in [2.45, 2.75) is 6.92 Å². The van der Waals surface area contributed by atoms with Crippen LogP contribution in [0.1, 0.15) is 17.3 Å². The maximum Gasteiger partial charge on any atom is 0.339 e. The summed E-state index contributed by atoms with van der Waals surface area (Å²) in [7, 11) is 0. The third-order valence-electron chi connectivity index (χ3n) is 1.91. The fourth-order valence-corrected chi connectivity index (χ4v) is 1.11. The van der Waals surface area contributed by atoms with Crippen LogP contribution in [0.4, 0.5) is 0 Å². The first kappa shape index (κ1) is 12.6. The molecule has 0 aliphatic heterocycles. The summed E-state index contributed by atoms with van der Waals surface area (Å²) in [5.41, 5.74) is -0.335. The molecule has 0 spiro atoms. The molecule has 0 amide bonds. The van der Waals surface area contributed by atoms with Crippen LogP contribution in [0.2, 0.25) is 0 Å². The summed E-state index contributed by atoms with van der Waals surface area (Å²) in [4.78, 5) is 32.7. The molecule has 0 aromatic heterocycles. The van der Waals surface area contributed by atoms with E-state index in [2.05, 4.69) is 6.58 Å². The number of esters is 1. The Balaban J connectivity index is 2.88. The van der Waals surface area contributed by atoms with E-state index in [1.165, 1.54) is 31.2 Å². The highest BCUT2D eigenvalue weighted by atomic mass is 16.5. The van der Waals surface area contributed by atoms with Gasteiger partial charge in [0, 0.05) is 12.5 Å². The predicted octanol–water partition coefficient (Wildman–Crippen LogP) is 1.44. The van der Waals surface area contributed by atoms with Crippen molar-refractivity contribution in [2.75, 3.05) is 0 Å². The van der Waals surface area contributed by atoms with E-state index in [1.54, 1.807) is 0 Å². The highest BCUT2D eigenvalue weighted by Gasteiger charge is 2.16. The molecule has 5 nitrogen and oxygen atoms in total. The van der Waals surface area contributed by atoms with E-state index in [1.807, 2.05) is 0 Å². The van der Waals surface area contributed by atoms with Gasteiger partial charge in [0.2, 0.25) is 0 Å². The zero-order valence-electron chi connectivity index (χ0n) is 9.10. The van der Waals surface area contributed by atoms with E-state index in [9.17, 15) is 14.4 Å². The van der Waals surface area contributed by atoms with Gasteiger partial charge in [-0.3, -0.25) is 9.59 Å². The lowest BCUT2D eigenvalue weighted by molar-refractivity contribution is -0.133. The molecule has 0 saturated heterocycles. The number of carbonyl (C=O) groups is 3. The molecule has 5 heteroatoms. The first-order valence-electron chi connectivity index (χ1n) is 4.67. The first-order valence-corrected chi connectivity index (χ1v) is 4.67. The molecule has 0 atom stereocenters. The monoisotopic (exact) mass is 234 g/mol. The summed E-state index contributed by atoms with van der Waals surface area (Å²) >= 11 is 0. The van der Waals surface area contributed by atoms with Crippen LogP contribution in [-0.2, 0) is 9.59 Å². The standard InChI is InChI=1S/C12H10O5/c1-7(12(15)16)11(14)9-3-5-10(6-4-9)17-8(2)13/h3-6H,1H2,2H3,(H,15,16). The van der Waals surface area contributed by atoms with Gasteiger partial charge in [-0.15, -0.1) is 0 Å². The number of aliphatic carboxylic acids is 1. The number of carboxylic acid groups (broad SMARTS) is 1. The zero-order chi connectivity index (χ0) is 13.0. The summed E-state index contributed by atoms with van der Waals surface area (Å²) in [5, 5.41) is 8.60. The third kappa shape index (κ3) is 3.27. The van der Waals surface area contributed by atoms with Crippen LogP contribution in [0.3, 0.4) is 0 Å². The number of Topliss-reactive ketones (excluding diaryl/α,β-unsaturated/α-hetero) is 1. The number of rotatable bonds is 4. The van der Waals surface area contributed by atoms with Crippen LogP contribution in [0.15, 0.2) is 36.4 Å². The Bertz CT molecular complexity index is 484. The molecule has 1 aromatic carbocycles. The van der Waals surface area contributed by atoms with E-state index in [0.29, 0.717) is 0 Å². The summed E-state index contributed by atoms with van der Waals surface area (Å²) in [5.74, 6) is -2.22. The fraction of sp³-hybridized carbons (Fsp3) is 0.0833. The van der Waals surface area contributed by atoms with Crippen LogP contribution in [0.25, 0.3) is 0 Å². The summed E-state index contributed by atoms with van der Waals surface area (Å²) in [6.45, 7) is 4.42. The van der Waals surface area contributed by atoms with Gasteiger partial charge >= 0.3 is 11.9 Å². The van der Waals surface area contributed by atoms with Crippen LogP contribution in [0.5, 0.6) is 5.75 Å². The number of ketones is 1. The van der Waals surface area contributed by atoms with Gasteiger partial charge < -0.3 is 9.84 Å². The van der Waals surface area contributed by atoms with Crippen molar-refractivity contribution in [3.63, 3.8) is 0 Å². The zero-order valence-corrected chi connectivity index (χ0v) is 9.10. The number of hydrogen-bond donors (Lipinski definition) is 1. The summed E-state index contributed by atoms with van der Waals surface area (Å²) < 4.78 is 4.77. The molecule has 0 bridgehead atoms. The topological polar surface area (TPSA) is 80.7 Å². The van der Waals surface area contributed by atoms with Crippen molar-refractivity contribution in [1.29, 1.82) is 0 Å². The van der Waals surface area contributed by atoms with Gasteiger partial charge in [-0.25, -0.2) is 4.79 Å². The number of carbonyl (C=O) groups excluding carboxylic acids is 2. The summed E-state index contributed by atoms with van der Waals surface area (Å²) in [6.07, 6.45) is 0. The van der Waals surface area contributed by atoms with Gasteiger partial charge in [-0.1, -0.05) is 6.58 Å². The molecule has 1 rings (SSSR count). The molecule has 0 radical (unpaired) electrons. The second-order valence-corrected chi connectivity index (χ2v) is 3.23. The maximum atomic E-state index is 11.5. The van der Waals surface area contributed by atoms with Gasteiger partial charge in [0.1, 0.15) is 11.3 Å². The number of hydrogen-bond acceptors (Lipinski definition) is 4. The normalized spacial score (nSPS) is 9.47. The first-order chi connectivity index (χ1) is 7.91. The van der Waals surface area contributed by atoms with E-state index in [4.69, 9.17) is 9.84 Å². The van der Waals surface area contributed by atoms with Crippen molar-refractivity contribution in [3.8, 4) is 5.75 Å². The Labute approximate surface area is 97.3 Å². The Hall–Kier alpha value is -2.43. The minimum Gasteiger partial charge on any atom is -0.478 e. The molecule has 88 valence electrons. The Morgan fingerprint density at radius 3 is 2.12 bits per heavy atom. The molecular formula is C12H10O5.